The van der Waals surface area contributed by atoms with Gasteiger partial charge in [-0.05, 0) is 31.2 Å². The van der Waals surface area contributed by atoms with Crippen LogP contribution in [0, 0.1) is 0 Å². The van der Waals surface area contributed by atoms with Crippen molar-refractivity contribution in [1.29, 1.82) is 0 Å². The fourth-order valence-corrected chi connectivity index (χ4v) is 3.17. The Balaban J connectivity index is 2.27. The number of hydrogen-bond acceptors (Lipinski definition) is 4. The summed E-state index contributed by atoms with van der Waals surface area (Å²) in [5, 5.41) is 6.20. The van der Waals surface area contributed by atoms with Gasteiger partial charge in [-0.1, -0.05) is 35.9 Å². The number of rotatable bonds is 6. The molecular weight excluding hydrogens is 433 g/mol. The Hall–Kier alpha value is -3.04. The number of ether oxygens (including phenoxy) is 1. The van der Waals surface area contributed by atoms with Crippen molar-refractivity contribution < 1.29 is 22.7 Å². The van der Waals surface area contributed by atoms with E-state index in [4.69, 9.17) is 16.3 Å². The van der Waals surface area contributed by atoms with Gasteiger partial charge < -0.3 is 4.74 Å². The van der Waals surface area contributed by atoms with E-state index in [2.05, 4.69) is 10.5 Å². The molecule has 3 rings (SSSR count). The Morgan fingerprint density at radius 1 is 1.16 bits per heavy atom. The molecule has 0 unspecified atom stereocenters. The second-order valence-electron chi connectivity index (χ2n) is 6.73. The Morgan fingerprint density at radius 3 is 2.35 bits per heavy atom. The van der Waals surface area contributed by atoms with Crippen LogP contribution in [-0.4, -0.2) is 41.4 Å². The fraction of sp³-hybridized carbons (Fsp3) is 0.238. The van der Waals surface area contributed by atoms with Gasteiger partial charge in [-0.3, -0.25) is 10.2 Å². The van der Waals surface area contributed by atoms with Crippen LogP contribution in [0.4, 0.5) is 13.2 Å². The smallest absolute Gasteiger partial charge is 0.416 e. The number of nitrogens with zero attached hydrogens (tertiary/aromatic N) is 3. The standard InChI is InChI=1S/C21H20ClF3N4O2/c1-4-31-19-17(20(30)27-28(2)3)26-29(16-8-6-5-7-15(16)22)18(19)13-9-11-14(12-10-13)21(23,24)25/h5-12H,4H2,1-3H3,(H,27,30). The van der Waals surface area contributed by atoms with Crippen molar-refractivity contribution in [3.63, 3.8) is 0 Å². The second-order valence-corrected chi connectivity index (χ2v) is 7.14. The first-order valence-electron chi connectivity index (χ1n) is 9.30. The molecule has 0 saturated heterocycles. The monoisotopic (exact) mass is 452 g/mol. The first-order valence-corrected chi connectivity index (χ1v) is 9.68. The van der Waals surface area contributed by atoms with Crippen molar-refractivity contribution in [1.82, 2.24) is 20.2 Å². The molecular formula is C21H20ClF3N4O2. The zero-order chi connectivity index (χ0) is 22.8. The number of hydrogen-bond donors (Lipinski definition) is 1. The molecule has 1 aromatic heterocycles. The molecule has 1 N–H and O–H groups in total. The minimum atomic E-state index is -4.47. The van der Waals surface area contributed by atoms with Gasteiger partial charge in [0.05, 0.1) is 22.9 Å². The van der Waals surface area contributed by atoms with Crippen LogP contribution in [0.25, 0.3) is 16.9 Å². The average Bonchev–Trinajstić information content (AvgIpc) is 3.07. The Labute approximate surface area is 182 Å². The molecule has 6 nitrogen and oxygen atoms in total. The van der Waals surface area contributed by atoms with E-state index in [1.807, 2.05) is 0 Å². The first kappa shape index (κ1) is 22.6. The zero-order valence-electron chi connectivity index (χ0n) is 17.0. The van der Waals surface area contributed by atoms with Crippen LogP contribution >= 0.6 is 11.6 Å². The van der Waals surface area contributed by atoms with Gasteiger partial charge in [-0.15, -0.1) is 0 Å². The lowest BCUT2D eigenvalue weighted by molar-refractivity contribution is -0.137. The number of alkyl halides is 3. The Morgan fingerprint density at radius 2 is 1.81 bits per heavy atom. The van der Waals surface area contributed by atoms with Crippen LogP contribution in [0.5, 0.6) is 5.75 Å². The third-order valence-corrected chi connectivity index (χ3v) is 4.56. The summed E-state index contributed by atoms with van der Waals surface area (Å²) < 4.78 is 46.2. The fourth-order valence-electron chi connectivity index (χ4n) is 2.96. The van der Waals surface area contributed by atoms with Crippen LogP contribution in [0.15, 0.2) is 48.5 Å². The highest BCUT2D eigenvalue weighted by Crippen LogP contribution is 2.38. The number of carbonyl (C=O) groups is 1. The molecule has 2 aromatic carbocycles. The Bertz CT molecular complexity index is 1080. The van der Waals surface area contributed by atoms with Gasteiger partial charge in [-0.2, -0.15) is 18.3 Å². The summed E-state index contributed by atoms with van der Waals surface area (Å²) in [6.07, 6.45) is -4.47. The summed E-state index contributed by atoms with van der Waals surface area (Å²) in [4.78, 5) is 12.8. The SMILES string of the molecule is CCOc1c(C(=O)NN(C)C)nn(-c2ccccc2Cl)c1-c1ccc(C(F)(F)F)cc1. The van der Waals surface area contributed by atoms with Gasteiger partial charge in [0.1, 0.15) is 5.69 Å². The molecule has 1 heterocycles. The number of carbonyl (C=O) groups excluding carboxylic acids is 1. The highest BCUT2D eigenvalue weighted by atomic mass is 35.5. The number of para-hydroxylation sites is 1. The normalized spacial score (nSPS) is 11.6. The first-order chi connectivity index (χ1) is 14.6. The van der Waals surface area contributed by atoms with Crippen molar-refractivity contribution >= 4 is 17.5 Å². The molecule has 164 valence electrons. The van der Waals surface area contributed by atoms with E-state index >= 15 is 0 Å². The van der Waals surface area contributed by atoms with Gasteiger partial charge in [0.2, 0.25) is 0 Å². The molecule has 3 aromatic rings. The number of halogens is 4. The molecule has 0 radical (unpaired) electrons. The van der Waals surface area contributed by atoms with Crippen molar-refractivity contribution in [3.05, 3.63) is 64.8 Å². The number of nitrogens with one attached hydrogen (secondary N) is 1. The maximum absolute atomic E-state index is 13.0. The van der Waals surface area contributed by atoms with Crippen molar-refractivity contribution in [2.75, 3.05) is 20.7 Å². The lowest BCUT2D eigenvalue weighted by atomic mass is 10.1. The lowest BCUT2D eigenvalue weighted by Gasteiger charge is -2.13. The summed E-state index contributed by atoms with van der Waals surface area (Å²) in [6.45, 7) is 1.95. The molecule has 0 spiro atoms. The summed E-state index contributed by atoms with van der Waals surface area (Å²) in [5.74, 6) is -0.394. The molecule has 0 bridgehead atoms. The van der Waals surface area contributed by atoms with E-state index in [-0.39, 0.29) is 18.1 Å². The third kappa shape index (κ3) is 4.83. The highest BCUT2D eigenvalue weighted by molar-refractivity contribution is 6.32. The molecule has 0 atom stereocenters. The minimum Gasteiger partial charge on any atom is -0.489 e. The van der Waals surface area contributed by atoms with Gasteiger partial charge in [0, 0.05) is 19.7 Å². The van der Waals surface area contributed by atoms with E-state index in [0.717, 1.165) is 12.1 Å². The summed E-state index contributed by atoms with van der Waals surface area (Å²) in [5.41, 5.74) is 2.93. The molecule has 0 saturated carbocycles. The van der Waals surface area contributed by atoms with E-state index in [1.54, 1.807) is 45.3 Å². The maximum atomic E-state index is 13.0. The van der Waals surface area contributed by atoms with Crippen LogP contribution in [0.2, 0.25) is 5.02 Å². The number of amides is 1. The molecule has 0 aliphatic rings. The van der Waals surface area contributed by atoms with Crippen LogP contribution in [0.3, 0.4) is 0 Å². The van der Waals surface area contributed by atoms with Crippen molar-refractivity contribution in [2.24, 2.45) is 0 Å². The number of benzene rings is 2. The number of hydrazine groups is 1. The molecule has 1 amide bonds. The van der Waals surface area contributed by atoms with Gasteiger partial charge in [-0.25, -0.2) is 9.69 Å². The van der Waals surface area contributed by atoms with Crippen LogP contribution in [0.1, 0.15) is 23.0 Å². The highest BCUT2D eigenvalue weighted by Gasteiger charge is 2.31. The molecule has 0 aliphatic heterocycles. The zero-order valence-corrected chi connectivity index (χ0v) is 17.8. The van der Waals surface area contributed by atoms with E-state index in [1.165, 1.54) is 21.8 Å². The summed E-state index contributed by atoms with van der Waals surface area (Å²) in [6, 6.07) is 11.4. The number of aromatic nitrogens is 2. The molecule has 31 heavy (non-hydrogen) atoms. The predicted octanol–water partition coefficient (Wildman–Crippen LogP) is 4.82. The lowest BCUT2D eigenvalue weighted by Crippen LogP contribution is -2.36. The minimum absolute atomic E-state index is 0.0228. The largest absolute Gasteiger partial charge is 0.489 e. The van der Waals surface area contributed by atoms with Gasteiger partial charge >= 0.3 is 6.18 Å². The third-order valence-electron chi connectivity index (χ3n) is 4.24. The quantitative estimate of drug-likeness (QED) is 0.545. The summed E-state index contributed by atoms with van der Waals surface area (Å²) in [7, 11) is 3.28. The summed E-state index contributed by atoms with van der Waals surface area (Å²) >= 11 is 6.35. The van der Waals surface area contributed by atoms with Crippen molar-refractivity contribution in [2.45, 2.75) is 13.1 Å². The van der Waals surface area contributed by atoms with Crippen molar-refractivity contribution in [3.8, 4) is 22.7 Å². The second kappa shape index (κ2) is 8.99. The maximum Gasteiger partial charge on any atom is 0.416 e. The topological polar surface area (TPSA) is 59.4 Å². The molecule has 0 aliphatic carbocycles. The van der Waals surface area contributed by atoms with E-state index < -0.39 is 17.6 Å². The molecule has 0 fully saturated rings. The van der Waals surface area contributed by atoms with E-state index in [9.17, 15) is 18.0 Å². The van der Waals surface area contributed by atoms with Crippen LogP contribution < -0.4 is 10.2 Å². The van der Waals surface area contributed by atoms with E-state index in [0.29, 0.717) is 22.0 Å². The predicted molar refractivity (Wildman–Crippen MR) is 111 cm³/mol. The molecule has 10 heteroatoms. The Kier molecular flexibility index (Phi) is 6.56. The van der Waals surface area contributed by atoms with Gasteiger partial charge in [0.15, 0.2) is 11.4 Å². The average molecular weight is 453 g/mol. The van der Waals surface area contributed by atoms with Gasteiger partial charge in [0.25, 0.3) is 5.91 Å². The van der Waals surface area contributed by atoms with Crippen LogP contribution in [-0.2, 0) is 6.18 Å².